The number of hydrogen-bond acceptors (Lipinski definition) is 3. The predicted octanol–water partition coefficient (Wildman–Crippen LogP) is 4.44. The van der Waals surface area contributed by atoms with Crippen LogP contribution < -0.4 is 5.32 Å². The number of nitrogens with zero attached hydrogens (tertiary/aromatic N) is 2. The molecule has 2 aromatic carbocycles. The van der Waals surface area contributed by atoms with Crippen molar-refractivity contribution in [1.29, 1.82) is 0 Å². The Morgan fingerprint density at radius 2 is 1.79 bits per heavy atom. The number of urea groups is 1. The Labute approximate surface area is 144 Å². The van der Waals surface area contributed by atoms with Crippen LogP contribution in [0.5, 0.6) is 0 Å². The number of rotatable bonds is 5. The number of non-ortho nitro benzene ring substituents is 1. The van der Waals surface area contributed by atoms with Crippen LogP contribution in [0.1, 0.15) is 18.4 Å². The fourth-order valence-electron chi connectivity index (χ4n) is 2.40. The smallest absolute Gasteiger partial charge is 0.317 e. The molecule has 124 valence electrons. The lowest BCUT2D eigenvalue weighted by Crippen LogP contribution is -2.36. The molecule has 0 atom stereocenters. The average Bonchev–Trinajstić information content (AvgIpc) is 3.40. The van der Waals surface area contributed by atoms with Crippen molar-refractivity contribution >= 4 is 29.0 Å². The second-order valence-electron chi connectivity index (χ2n) is 5.72. The predicted molar refractivity (Wildman–Crippen MR) is 92.1 cm³/mol. The van der Waals surface area contributed by atoms with Crippen molar-refractivity contribution in [3.05, 3.63) is 69.2 Å². The normalized spacial score (nSPS) is 13.4. The fourth-order valence-corrected chi connectivity index (χ4v) is 2.53. The summed E-state index contributed by atoms with van der Waals surface area (Å²) in [6.45, 7) is 0.419. The van der Waals surface area contributed by atoms with Crippen molar-refractivity contribution in [3.8, 4) is 0 Å². The first-order valence-corrected chi connectivity index (χ1v) is 7.97. The van der Waals surface area contributed by atoms with Gasteiger partial charge in [0, 0.05) is 35.4 Å². The van der Waals surface area contributed by atoms with E-state index in [1.54, 1.807) is 41.3 Å². The van der Waals surface area contributed by atoms with Crippen molar-refractivity contribution in [2.24, 2.45) is 0 Å². The molecule has 0 spiro atoms. The summed E-state index contributed by atoms with van der Waals surface area (Å²) in [4.78, 5) is 24.6. The fraction of sp³-hybridized carbons (Fsp3) is 0.235. The topological polar surface area (TPSA) is 75.5 Å². The maximum Gasteiger partial charge on any atom is 0.322 e. The van der Waals surface area contributed by atoms with E-state index in [9.17, 15) is 14.9 Å². The van der Waals surface area contributed by atoms with Gasteiger partial charge in [-0.25, -0.2) is 4.79 Å². The van der Waals surface area contributed by atoms with Crippen molar-refractivity contribution < 1.29 is 9.72 Å². The molecule has 6 nitrogen and oxygen atoms in total. The molecule has 3 rings (SSSR count). The third-order valence-corrected chi connectivity index (χ3v) is 4.10. The first kappa shape index (κ1) is 16.3. The summed E-state index contributed by atoms with van der Waals surface area (Å²) in [5, 5.41) is 14.2. The van der Waals surface area contributed by atoms with Crippen molar-refractivity contribution in [2.75, 3.05) is 5.32 Å². The van der Waals surface area contributed by atoms with Gasteiger partial charge in [0.1, 0.15) is 0 Å². The highest BCUT2D eigenvalue weighted by molar-refractivity contribution is 6.30. The van der Waals surface area contributed by atoms with Gasteiger partial charge in [0.15, 0.2) is 0 Å². The average molecular weight is 346 g/mol. The molecule has 0 saturated heterocycles. The van der Waals surface area contributed by atoms with E-state index in [0.717, 1.165) is 18.4 Å². The molecule has 0 aliphatic heterocycles. The minimum atomic E-state index is -0.435. The number of carbonyl (C=O) groups is 1. The van der Waals surface area contributed by atoms with E-state index >= 15 is 0 Å². The molecule has 0 heterocycles. The lowest BCUT2D eigenvalue weighted by atomic mass is 10.2. The Morgan fingerprint density at radius 1 is 1.17 bits per heavy atom. The molecule has 0 aromatic heterocycles. The largest absolute Gasteiger partial charge is 0.322 e. The van der Waals surface area contributed by atoms with Crippen LogP contribution in [0.15, 0.2) is 48.5 Å². The van der Waals surface area contributed by atoms with Crippen LogP contribution in [0.25, 0.3) is 0 Å². The van der Waals surface area contributed by atoms with Crippen LogP contribution in [0.4, 0.5) is 16.2 Å². The number of amides is 2. The molecule has 0 unspecified atom stereocenters. The third-order valence-electron chi connectivity index (χ3n) is 3.84. The Bertz CT molecular complexity index is 743. The molecule has 2 amide bonds. The molecule has 24 heavy (non-hydrogen) atoms. The number of nitro benzene ring substituents is 1. The zero-order chi connectivity index (χ0) is 17.1. The summed E-state index contributed by atoms with van der Waals surface area (Å²) in [5.74, 6) is 0. The van der Waals surface area contributed by atoms with Gasteiger partial charge in [-0.15, -0.1) is 0 Å². The molecule has 1 aliphatic carbocycles. The number of hydrogen-bond donors (Lipinski definition) is 1. The van der Waals surface area contributed by atoms with Gasteiger partial charge in [-0.05, 0) is 42.7 Å². The first-order chi connectivity index (χ1) is 11.5. The maximum absolute atomic E-state index is 12.5. The summed E-state index contributed by atoms with van der Waals surface area (Å²) >= 11 is 5.84. The summed E-state index contributed by atoms with van der Waals surface area (Å²) in [5.41, 5.74) is 1.58. The van der Waals surface area contributed by atoms with Gasteiger partial charge < -0.3 is 10.2 Å². The van der Waals surface area contributed by atoms with Crippen molar-refractivity contribution in [2.45, 2.75) is 25.4 Å². The minimum absolute atomic E-state index is 0.0438. The molecule has 1 aliphatic rings. The molecule has 7 heteroatoms. The number of carbonyl (C=O) groups excluding carboxylic acids is 1. The quantitative estimate of drug-likeness (QED) is 0.642. The van der Waals surface area contributed by atoms with Gasteiger partial charge >= 0.3 is 6.03 Å². The molecule has 0 radical (unpaired) electrons. The van der Waals surface area contributed by atoms with Crippen LogP contribution in [-0.4, -0.2) is 21.9 Å². The van der Waals surface area contributed by atoms with Gasteiger partial charge in [0.05, 0.1) is 4.92 Å². The Morgan fingerprint density at radius 3 is 2.33 bits per heavy atom. The first-order valence-electron chi connectivity index (χ1n) is 7.59. The van der Waals surface area contributed by atoms with Crippen molar-refractivity contribution in [3.63, 3.8) is 0 Å². The number of benzene rings is 2. The van der Waals surface area contributed by atoms with Gasteiger partial charge in [-0.3, -0.25) is 10.1 Å². The Kier molecular flexibility index (Phi) is 4.66. The van der Waals surface area contributed by atoms with Gasteiger partial charge in [0.2, 0.25) is 0 Å². The number of anilines is 1. The molecular formula is C17H16ClN3O3. The van der Waals surface area contributed by atoms with Crippen LogP contribution >= 0.6 is 11.6 Å². The number of nitro groups is 1. The van der Waals surface area contributed by atoms with Crippen LogP contribution in [0, 0.1) is 10.1 Å². The van der Waals surface area contributed by atoms with E-state index in [1.165, 1.54) is 12.1 Å². The minimum Gasteiger partial charge on any atom is -0.317 e. The molecule has 1 N–H and O–H groups in total. The molecule has 1 fully saturated rings. The van der Waals surface area contributed by atoms with Crippen LogP contribution in [-0.2, 0) is 6.54 Å². The summed E-state index contributed by atoms with van der Waals surface area (Å²) in [6, 6.07) is 13.2. The van der Waals surface area contributed by atoms with Gasteiger partial charge in [-0.2, -0.15) is 0 Å². The van der Waals surface area contributed by atoms with Crippen molar-refractivity contribution in [1.82, 2.24) is 4.90 Å². The van der Waals surface area contributed by atoms with E-state index in [1.807, 2.05) is 0 Å². The van der Waals surface area contributed by atoms with E-state index < -0.39 is 4.92 Å². The summed E-state index contributed by atoms with van der Waals surface area (Å²) in [6.07, 6.45) is 1.95. The van der Waals surface area contributed by atoms with E-state index in [0.29, 0.717) is 17.3 Å². The van der Waals surface area contributed by atoms with E-state index in [2.05, 4.69) is 5.32 Å². The Balaban J connectivity index is 1.69. The molecular weight excluding hydrogens is 330 g/mol. The lowest BCUT2D eigenvalue weighted by molar-refractivity contribution is -0.384. The number of halogens is 1. The molecule has 0 bridgehead atoms. The molecule has 1 saturated carbocycles. The SMILES string of the molecule is O=C(Nc1ccc(Cl)cc1)N(Cc1ccc([N+](=O)[O-])cc1)C1CC1. The Hall–Kier alpha value is -2.60. The zero-order valence-electron chi connectivity index (χ0n) is 12.8. The summed E-state index contributed by atoms with van der Waals surface area (Å²) in [7, 11) is 0. The van der Waals surface area contributed by atoms with Gasteiger partial charge in [0.25, 0.3) is 5.69 Å². The number of nitrogens with one attached hydrogen (secondary N) is 1. The second kappa shape index (κ2) is 6.88. The second-order valence-corrected chi connectivity index (χ2v) is 6.16. The zero-order valence-corrected chi connectivity index (χ0v) is 13.6. The van der Waals surface area contributed by atoms with E-state index in [-0.39, 0.29) is 17.8 Å². The van der Waals surface area contributed by atoms with Crippen LogP contribution in [0.2, 0.25) is 5.02 Å². The molecule has 2 aromatic rings. The van der Waals surface area contributed by atoms with E-state index in [4.69, 9.17) is 11.6 Å². The maximum atomic E-state index is 12.5. The lowest BCUT2D eigenvalue weighted by Gasteiger charge is -2.23. The third kappa shape index (κ3) is 4.02. The summed E-state index contributed by atoms with van der Waals surface area (Å²) < 4.78 is 0. The highest BCUT2D eigenvalue weighted by Gasteiger charge is 2.32. The van der Waals surface area contributed by atoms with Crippen LogP contribution in [0.3, 0.4) is 0 Å². The monoisotopic (exact) mass is 345 g/mol. The van der Waals surface area contributed by atoms with Gasteiger partial charge in [-0.1, -0.05) is 23.7 Å². The highest BCUT2D eigenvalue weighted by Crippen LogP contribution is 2.29. The highest BCUT2D eigenvalue weighted by atomic mass is 35.5. The standard InChI is InChI=1S/C17H16ClN3O3/c18-13-3-5-14(6-4-13)19-17(22)20(15-9-10-15)11-12-1-7-16(8-2-12)21(23)24/h1-8,15H,9-11H2,(H,19,22).